The molecule has 1 saturated heterocycles. The van der Waals surface area contributed by atoms with Crippen LogP contribution in [0, 0.1) is 19.3 Å². The van der Waals surface area contributed by atoms with Gasteiger partial charge in [0.25, 0.3) is 0 Å². The first-order valence-corrected chi connectivity index (χ1v) is 17.6. The second-order valence-corrected chi connectivity index (χ2v) is 15.6. The number of pyridine rings is 2. The van der Waals surface area contributed by atoms with Crippen molar-refractivity contribution >= 4 is 27.8 Å². The fraction of sp³-hybridized carbons (Fsp3) is 0.500. The summed E-state index contributed by atoms with van der Waals surface area (Å²) in [6, 6.07) is 9.88. The Balaban J connectivity index is 1.32. The molecule has 0 bridgehead atoms. The normalized spacial score (nSPS) is 20.7. The Bertz CT molecular complexity index is 1830. The van der Waals surface area contributed by atoms with E-state index < -0.39 is 27.7 Å². The molecule has 7 rings (SSSR count). The van der Waals surface area contributed by atoms with E-state index in [9.17, 15) is 13.9 Å². The molecule has 0 amide bonds. The number of aryl methyl sites for hydroxylation is 2. The van der Waals surface area contributed by atoms with E-state index >= 15 is 0 Å². The lowest BCUT2D eigenvalue weighted by atomic mass is 9.70. The van der Waals surface area contributed by atoms with E-state index in [0.29, 0.717) is 32.1 Å². The highest BCUT2D eigenvalue weighted by atomic mass is 32.3. The SMILES string of the molecule is COC(=O)C(C)(C)C(c1cnc(C)c(CN2CC3(CCOCC3)Oc3ncccc3S2(O)O)c1)c1ccc2c(nnn2C2CC2)c1C. The van der Waals surface area contributed by atoms with Crippen LogP contribution >= 0.6 is 10.8 Å². The Morgan fingerprint density at radius 1 is 1.17 bits per heavy atom. The minimum Gasteiger partial charge on any atom is -0.469 e. The van der Waals surface area contributed by atoms with Crippen LogP contribution in [0.4, 0.5) is 0 Å². The summed E-state index contributed by atoms with van der Waals surface area (Å²) < 4.78 is 44.8. The van der Waals surface area contributed by atoms with Crippen molar-refractivity contribution in [1.29, 1.82) is 0 Å². The van der Waals surface area contributed by atoms with Crippen molar-refractivity contribution in [1.82, 2.24) is 29.3 Å². The van der Waals surface area contributed by atoms with Crippen molar-refractivity contribution in [2.45, 2.75) is 82.4 Å². The third kappa shape index (κ3) is 5.57. The first-order valence-electron chi connectivity index (χ1n) is 16.1. The number of hydrogen-bond donors (Lipinski definition) is 2. The molecule has 4 aromatic rings. The minimum atomic E-state index is -3.49. The summed E-state index contributed by atoms with van der Waals surface area (Å²) in [5.41, 5.74) is 4.36. The number of nitrogens with zero attached hydrogens (tertiary/aromatic N) is 6. The Labute approximate surface area is 275 Å². The van der Waals surface area contributed by atoms with E-state index in [-0.39, 0.29) is 29.8 Å². The fourth-order valence-corrected chi connectivity index (χ4v) is 8.73. The lowest BCUT2D eigenvalue weighted by molar-refractivity contribution is -0.151. The molecule has 2 fully saturated rings. The number of aromatic nitrogens is 5. The van der Waals surface area contributed by atoms with Crippen LogP contribution in [0.1, 0.15) is 79.4 Å². The van der Waals surface area contributed by atoms with Gasteiger partial charge in [-0.15, -0.1) is 15.9 Å². The van der Waals surface area contributed by atoms with Gasteiger partial charge in [0.15, 0.2) is 0 Å². The summed E-state index contributed by atoms with van der Waals surface area (Å²) in [4.78, 5) is 22.9. The maximum Gasteiger partial charge on any atom is 0.312 e. The van der Waals surface area contributed by atoms with Crippen LogP contribution in [-0.4, -0.2) is 76.8 Å². The smallest absolute Gasteiger partial charge is 0.312 e. The van der Waals surface area contributed by atoms with Gasteiger partial charge in [-0.05, 0) is 81.0 Å². The van der Waals surface area contributed by atoms with E-state index in [1.165, 1.54) is 7.11 Å². The molecular weight excluding hydrogens is 620 g/mol. The molecule has 1 aliphatic carbocycles. The Morgan fingerprint density at radius 3 is 2.66 bits per heavy atom. The molecule has 0 radical (unpaired) electrons. The van der Waals surface area contributed by atoms with Crippen LogP contribution in [0.25, 0.3) is 11.0 Å². The lowest BCUT2D eigenvalue weighted by Crippen LogP contribution is -2.49. The van der Waals surface area contributed by atoms with Crippen LogP contribution in [0.5, 0.6) is 5.88 Å². The lowest BCUT2D eigenvalue weighted by Gasteiger charge is -2.44. The Kier molecular flexibility index (Phi) is 8.03. The van der Waals surface area contributed by atoms with E-state index in [1.54, 1.807) is 22.6 Å². The number of esters is 1. The largest absolute Gasteiger partial charge is 0.469 e. The van der Waals surface area contributed by atoms with Crippen molar-refractivity contribution < 1.29 is 28.1 Å². The second-order valence-electron chi connectivity index (χ2n) is 13.6. The molecule has 1 unspecified atom stereocenters. The standard InChI is InChI=1S/C34H42N6O6S/c1-21-26(10-11-27-30(21)37-38-40(27)25-8-9-25)29(33(3,4)32(41)44-5)23-17-24(22(2)36-18-23)19-39-20-34(12-15-45-16-13-34)46-31-28(47(39,42)43)7-6-14-35-31/h6-7,10-11,14,17-18,25,29,42-43H,8-9,12-13,15-16,19-20H2,1-5H3. The van der Waals surface area contributed by atoms with Crippen LogP contribution in [-0.2, 0) is 20.8 Å². The summed E-state index contributed by atoms with van der Waals surface area (Å²) >= 11 is 0. The molecule has 1 atom stereocenters. The van der Waals surface area contributed by atoms with Gasteiger partial charge in [-0.3, -0.25) is 18.9 Å². The van der Waals surface area contributed by atoms with Crippen LogP contribution in [0.3, 0.4) is 0 Å². The predicted octanol–water partition coefficient (Wildman–Crippen LogP) is 5.97. The van der Waals surface area contributed by atoms with Crippen molar-refractivity contribution in [2.24, 2.45) is 5.41 Å². The van der Waals surface area contributed by atoms with E-state index in [2.05, 4.69) is 21.4 Å². The summed E-state index contributed by atoms with van der Waals surface area (Å²) in [6.07, 6.45) is 6.79. The van der Waals surface area contributed by atoms with Crippen molar-refractivity contribution in [3.8, 4) is 5.88 Å². The molecule has 47 heavy (non-hydrogen) atoms. The molecule has 3 aromatic heterocycles. The third-order valence-corrected chi connectivity index (χ3v) is 11.9. The van der Waals surface area contributed by atoms with Crippen molar-refractivity contribution in [2.75, 3.05) is 26.9 Å². The molecule has 2 aliphatic heterocycles. The monoisotopic (exact) mass is 662 g/mol. The Hall–Kier alpha value is -3.62. The summed E-state index contributed by atoms with van der Waals surface area (Å²) in [6.45, 7) is 9.17. The van der Waals surface area contributed by atoms with Gasteiger partial charge in [-0.1, -0.05) is 17.3 Å². The molecule has 1 spiro atoms. The number of methoxy groups -OCH3 is 1. The van der Waals surface area contributed by atoms with Crippen LogP contribution in [0.15, 0.2) is 47.6 Å². The van der Waals surface area contributed by atoms with Gasteiger partial charge in [0, 0.05) is 43.4 Å². The molecular formula is C34H42N6O6S. The summed E-state index contributed by atoms with van der Waals surface area (Å²) in [7, 11) is -2.08. The third-order valence-electron chi connectivity index (χ3n) is 10.0. The summed E-state index contributed by atoms with van der Waals surface area (Å²) in [5.74, 6) is -0.558. The fourth-order valence-electron chi connectivity index (χ4n) is 7.12. The highest BCUT2D eigenvalue weighted by Crippen LogP contribution is 2.59. The quantitative estimate of drug-likeness (QED) is 0.226. The number of benzene rings is 1. The zero-order valence-electron chi connectivity index (χ0n) is 27.5. The van der Waals surface area contributed by atoms with Crippen LogP contribution < -0.4 is 4.74 Å². The molecule has 1 saturated carbocycles. The molecule has 12 nitrogen and oxygen atoms in total. The van der Waals surface area contributed by atoms with Crippen molar-refractivity contribution in [3.63, 3.8) is 0 Å². The van der Waals surface area contributed by atoms with E-state index in [4.69, 9.17) is 19.2 Å². The first kappa shape index (κ1) is 32.0. The molecule has 1 aromatic carbocycles. The summed E-state index contributed by atoms with van der Waals surface area (Å²) in [5, 5.41) is 9.01. The molecule has 3 aliphatic rings. The second kappa shape index (κ2) is 11.8. The van der Waals surface area contributed by atoms with E-state index in [1.807, 2.05) is 50.7 Å². The highest BCUT2D eigenvalue weighted by molar-refractivity contribution is 8.22. The van der Waals surface area contributed by atoms with Gasteiger partial charge in [0.05, 0.1) is 43.8 Å². The van der Waals surface area contributed by atoms with E-state index in [0.717, 1.165) is 51.8 Å². The first-order chi connectivity index (χ1) is 22.4. The van der Waals surface area contributed by atoms with Gasteiger partial charge < -0.3 is 14.2 Å². The average Bonchev–Trinajstić information content (AvgIpc) is 3.82. The number of ether oxygens (including phenoxy) is 3. The zero-order valence-corrected chi connectivity index (χ0v) is 28.3. The number of rotatable bonds is 7. The topological polar surface area (TPSA) is 145 Å². The number of fused-ring (bicyclic) bond motifs is 2. The van der Waals surface area contributed by atoms with Gasteiger partial charge in [-0.2, -0.15) is 4.31 Å². The Morgan fingerprint density at radius 2 is 1.94 bits per heavy atom. The molecule has 13 heteroatoms. The minimum absolute atomic E-state index is 0.189. The van der Waals surface area contributed by atoms with Gasteiger partial charge in [0.2, 0.25) is 5.88 Å². The van der Waals surface area contributed by atoms with Gasteiger partial charge in [0.1, 0.15) is 16.0 Å². The molecule has 2 N–H and O–H groups in total. The molecule has 5 heterocycles. The van der Waals surface area contributed by atoms with Crippen molar-refractivity contribution in [3.05, 3.63) is 70.7 Å². The molecule has 250 valence electrons. The van der Waals surface area contributed by atoms with Gasteiger partial charge >= 0.3 is 5.97 Å². The predicted molar refractivity (Wildman–Crippen MR) is 176 cm³/mol. The van der Waals surface area contributed by atoms with Gasteiger partial charge in [-0.25, -0.2) is 9.67 Å². The maximum absolute atomic E-state index is 13.4. The maximum atomic E-state index is 13.4. The zero-order chi connectivity index (χ0) is 33.1. The highest BCUT2D eigenvalue weighted by Gasteiger charge is 2.46. The number of carbonyl (C=O) groups excluding carboxylic acids is 1. The average molecular weight is 663 g/mol. The van der Waals surface area contributed by atoms with Crippen LogP contribution in [0.2, 0.25) is 0 Å². The number of carbonyl (C=O) groups is 1. The number of hydrogen-bond acceptors (Lipinski definition) is 11.